The van der Waals surface area contributed by atoms with E-state index >= 15 is 0 Å². The SMILES string of the molecule is Cc1csc([C@H]2CCCN2C(=O)c2cc(C(=O)N[C@@H](Cc3ccccc3)[C@H](O)CN(C)c3cncc(C(C)(F)F)c3)cc(N(C)C)c2)n1. The second kappa shape index (κ2) is 14.8. The van der Waals surface area contributed by atoms with Crippen molar-refractivity contribution in [1.29, 1.82) is 0 Å². The summed E-state index contributed by atoms with van der Waals surface area (Å²) in [6.45, 7) is 3.38. The monoisotopic (exact) mass is 676 g/mol. The van der Waals surface area contributed by atoms with Crippen molar-refractivity contribution in [2.45, 2.75) is 57.2 Å². The van der Waals surface area contributed by atoms with Crippen LogP contribution >= 0.6 is 11.3 Å². The van der Waals surface area contributed by atoms with E-state index in [4.69, 9.17) is 0 Å². The van der Waals surface area contributed by atoms with Crippen molar-refractivity contribution in [2.75, 3.05) is 44.0 Å². The summed E-state index contributed by atoms with van der Waals surface area (Å²) < 4.78 is 28.0. The summed E-state index contributed by atoms with van der Waals surface area (Å²) in [5.41, 5.74) is 3.36. The van der Waals surface area contributed by atoms with Gasteiger partial charge in [-0.15, -0.1) is 11.3 Å². The average molecular weight is 677 g/mol. The molecule has 0 aliphatic carbocycles. The van der Waals surface area contributed by atoms with Crippen LogP contribution in [0.3, 0.4) is 0 Å². The number of carbonyl (C=O) groups is 2. The quantitative estimate of drug-likeness (QED) is 0.195. The number of carbonyl (C=O) groups excluding carboxylic acids is 2. The van der Waals surface area contributed by atoms with E-state index in [-0.39, 0.29) is 29.6 Å². The molecule has 2 aromatic carbocycles. The van der Waals surface area contributed by atoms with Crippen LogP contribution in [0.1, 0.15) is 68.4 Å². The number of likely N-dealkylation sites (N-methyl/N-ethyl adjacent to an activating group) is 1. The molecule has 0 radical (unpaired) electrons. The molecular formula is C36H42F2N6O3S. The molecule has 0 spiro atoms. The summed E-state index contributed by atoms with van der Waals surface area (Å²) in [7, 11) is 5.37. The van der Waals surface area contributed by atoms with E-state index in [1.807, 2.05) is 66.5 Å². The number of alkyl halides is 2. The number of aliphatic hydroxyl groups is 1. The number of thiazole rings is 1. The Bertz CT molecular complexity index is 1730. The molecule has 3 heterocycles. The second-order valence-electron chi connectivity index (χ2n) is 12.7. The third-order valence-corrected chi connectivity index (χ3v) is 9.65. The Hall–Kier alpha value is -4.42. The highest BCUT2D eigenvalue weighted by molar-refractivity contribution is 7.09. The van der Waals surface area contributed by atoms with Crippen LogP contribution in [0.4, 0.5) is 20.2 Å². The zero-order valence-corrected chi connectivity index (χ0v) is 28.7. The first-order valence-corrected chi connectivity index (χ1v) is 16.8. The lowest BCUT2D eigenvalue weighted by Gasteiger charge is -2.29. The maximum Gasteiger partial charge on any atom is 0.272 e. The van der Waals surface area contributed by atoms with Crippen LogP contribution < -0.4 is 15.1 Å². The zero-order chi connectivity index (χ0) is 34.6. The van der Waals surface area contributed by atoms with Gasteiger partial charge in [0.25, 0.3) is 17.7 Å². The number of benzene rings is 2. The van der Waals surface area contributed by atoms with Gasteiger partial charge in [-0.05, 0) is 56.0 Å². The van der Waals surface area contributed by atoms with Gasteiger partial charge >= 0.3 is 0 Å². The van der Waals surface area contributed by atoms with Gasteiger partial charge < -0.3 is 25.1 Å². The molecule has 3 atom stereocenters. The summed E-state index contributed by atoms with van der Waals surface area (Å²) in [5.74, 6) is -3.68. The fourth-order valence-electron chi connectivity index (χ4n) is 5.87. The van der Waals surface area contributed by atoms with Crippen LogP contribution in [0.2, 0.25) is 0 Å². The lowest BCUT2D eigenvalue weighted by molar-refractivity contribution is 0.0171. The number of rotatable bonds is 12. The molecule has 9 nitrogen and oxygen atoms in total. The predicted octanol–water partition coefficient (Wildman–Crippen LogP) is 5.84. The highest BCUT2D eigenvalue weighted by Crippen LogP contribution is 2.35. The van der Waals surface area contributed by atoms with Gasteiger partial charge in [0, 0.05) is 80.8 Å². The first kappa shape index (κ1) is 34.9. The van der Waals surface area contributed by atoms with Gasteiger partial charge in [0.05, 0.1) is 30.1 Å². The number of hydrogen-bond donors (Lipinski definition) is 2. The van der Waals surface area contributed by atoms with Gasteiger partial charge in [-0.1, -0.05) is 30.3 Å². The Morgan fingerprint density at radius 3 is 2.48 bits per heavy atom. The number of likely N-dealkylation sites (tertiary alicyclic amines) is 1. The van der Waals surface area contributed by atoms with Crippen molar-refractivity contribution in [3.8, 4) is 0 Å². The summed E-state index contributed by atoms with van der Waals surface area (Å²) in [5, 5.41) is 17.4. The number of nitrogens with one attached hydrogen (secondary N) is 1. The average Bonchev–Trinajstić information content (AvgIpc) is 3.73. The molecule has 1 saturated heterocycles. The number of nitrogens with zero attached hydrogens (tertiary/aromatic N) is 5. The number of amides is 2. The fraction of sp³-hybridized carbons (Fsp3) is 0.389. The van der Waals surface area contributed by atoms with E-state index in [0.717, 1.165) is 42.2 Å². The minimum atomic E-state index is -3.07. The van der Waals surface area contributed by atoms with Crippen LogP contribution in [0.15, 0.2) is 72.4 Å². The molecule has 0 unspecified atom stereocenters. The molecule has 254 valence electrons. The van der Waals surface area contributed by atoms with Gasteiger partial charge in [-0.2, -0.15) is 0 Å². The summed E-state index contributed by atoms with van der Waals surface area (Å²) in [6.07, 6.45) is 3.50. The standard InChI is InChI=1S/C36H42F2N6O3S/c1-23-22-48-34(40-23)31-12-9-13-44(31)35(47)26-15-25(16-28(17-26)42(3)4)33(46)41-30(14-24-10-7-6-8-11-24)32(45)21-43(5)29-18-27(19-39-20-29)36(2,37)38/h6-8,10-11,15-20,22,30-32,45H,9,12-14,21H2,1-5H3,(H,41,46)/t30-,31+,32+/m0/s1. The molecule has 2 aromatic heterocycles. The van der Waals surface area contributed by atoms with Gasteiger partial charge in [-0.3, -0.25) is 14.6 Å². The summed E-state index contributed by atoms with van der Waals surface area (Å²) in [6, 6.07) is 15.1. The van der Waals surface area contributed by atoms with Crippen LogP contribution in [0.25, 0.3) is 0 Å². The van der Waals surface area contributed by atoms with E-state index in [2.05, 4.69) is 15.3 Å². The number of aliphatic hydroxyl groups excluding tert-OH is 1. The molecule has 1 aliphatic heterocycles. The van der Waals surface area contributed by atoms with Crippen LogP contribution in [0, 0.1) is 6.92 Å². The molecule has 2 N–H and O–H groups in total. The first-order chi connectivity index (χ1) is 22.8. The Balaban J connectivity index is 1.39. The molecular weight excluding hydrogens is 634 g/mol. The van der Waals surface area contributed by atoms with Crippen LogP contribution in [-0.4, -0.2) is 78.2 Å². The third kappa shape index (κ3) is 8.35. The van der Waals surface area contributed by atoms with Crippen molar-refractivity contribution in [2.24, 2.45) is 0 Å². The van der Waals surface area contributed by atoms with E-state index in [1.54, 1.807) is 41.5 Å². The normalized spacial score (nSPS) is 16.0. The Kier molecular flexibility index (Phi) is 10.7. The Morgan fingerprint density at radius 1 is 1.08 bits per heavy atom. The maximum atomic E-state index is 14.0. The topological polar surface area (TPSA) is 102 Å². The van der Waals surface area contributed by atoms with Gasteiger partial charge in [0.2, 0.25) is 0 Å². The number of aryl methyl sites for hydroxylation is 1. The molecule has 2 amide bonds. The van der Waals surface area contributed by atoms with Crippen molar-refractivity contribution in [1.82, 2.24) is 20.2 Å². The van der Waals surface area contributed by atoms with Crippen molar-refractivity contribution in [3.63, 3.8) is 0 Å². The lowest BCUT2D eigenvalue weighted by atomic mass is 9.99. The Morgan fingerprint density at radius 2 is 1.81 bits per heavy atom. The van der Waals surface area contributed by atoms with Crippen LogP contribution in [0.5, 0.6) is 0 Å². The molecule has 1 aliphatic rings. The minimum Gasteiger partial charge on any atom is -0.389 e. The largest absolute Gasteiger partial charge is 0.389 e. The molecule has 48 heavy (non-hydrogen) atoms. The van der Waals surface area contributed by atoms with Crippen molar-refractivity contribution in [3.05, 3.63) is 105 Å². The molecule has 4 aromatic rings. The smallest absolute Gasteiger partial charge is 0.272 e. The predicted molar refractivity (Wildman–Crippen MR) is 185 cm³/mol. The molecule has 5 rings (SSSR count). The maximum absolute atomic E-state index is 14.0. The molecule has 0 saturated carbocycles. The minimum absolute atomic E-state index is 0.0340. The van der Waals surface area contributed by atoms with E-state index in [0.29, 0.717) is 29.9 Å². The van der Waals surface area contributed by atoms with Gasteiger partial charge in [0.15, 0.2) is 0 Å². The van der Waals surface area contributed by atoms with Gasteiger partial charge in [0.1, 0.15) is 5.01 Å². The fourth-order valence-corrected chi connectivity index (χ4v) is 6.82. The molecule has 0 bridgehead atoms. The van der Waals surface area contributed by atoms with E-state index < -0.39 is 24.0 Å². The lowest BCUT2D eigenvalue weighted by Crippen LogP contribution is -2.49. The first-order valence-electron chi connectivity index (χ1n) is 15.9. The van der Waals surface area contributed by atoms with E-state index in [9.17, 15) is 23.5 Å². The molecule has 12 heteroatoms. The number of aromatic nitrogens is 2. The highest BCUT2D eigenvalue weighted by atomic mass is 32.1. The van der Waals surface area contributed by atoms with Crippen molar-refractivity contribution < 1.29 is 23.5 Å². The van der Waals surface area contributed by atoms with Crippen molar-refractivity contribution >= 4 is 34.5 Å². The Labute approximate surface area is 284 Å². The van der Waals surface area contributed by atoms with Crippen LogP contribution in [-0.2, 0) is 12.3 Å². The summed E-state index contributed by atoms with van der Waals surface area (Å²) >= 11 is 1.55. The van der Waals surface area contributed by atoms with E-state index in [1.165, 1.54) is 12.3 Å². The number of anilines is 2. The number of hydrogen-bond acceptors (Lipinski definition) is 8. The number of pyridine rings is 1. The third-order valence-electron chi connectivity index (χ3n) is 8.59. The molecule has 1 fully saturated rings. The second-order valence-corrected chi connectivity index (χ2v) is 13.6. The number of halogens is 2. The van der Waals surface area contributed by atoms with Gasteiger partial charge in [-0.25, -0.2) is 13.8 Å². The highest BCUT2D eigenvalue weighted by Gasteiger charge is 2.33. The summed E-state index contributed by atoms with van der Waals surface area (Å²) in [4.78, 5) is 41.8. The zero-order valence-electron chi connectivity index (χ0n) is 27.9.